The van der Waals surface area contributed by atoms with Crippen molar-refractivity contribution in [2.24, 2.45) is 10.1 Å². The van der Waals surface area contributed by atoms with Crippen molar-refractivity contribution in [1.29, 1.82) is 5.26 Å². The van der Waals surface area contributed by atoms with Crippen LogP contribution < -0.4 is 10.7 Å². The quantitative estimate of drug-likeness (QED) is 0.0793. The van der Waals surface area contributed by atoms with Crippen molar-refractivity contribution >= 4 is 43.1 Å². The second-order valence-electron chi connectivity index (χ2n) is 11.0. The topological polar surface area (TPSA) is 52.9 Å². The average Bonchev–Trinajstić information content (AvgIpc) is 3.49. The van der Waals surface area contributed by atoms with Crippen LogP contribution in [0.4, 0.5) is 35.1 Å². The van der Waals surface area contributed by atoms with Crippen LogP contribution in [0.25, 0.3) is 70.3 Å². The number of nitrogens with zero attached hydrogens (tertiary/aromatic N) is 4. The first-order valence-corrected chi connectivity index (χ1v) is 13.9. The van der Waals surface area contributed by atoms with E-state index in [1.807, 2.05) is 0 Å². The number of nitriles is 1. The van der Waals surface area contributed by atoms with E-state index >= 15 is 0 Å². The summed E-state index contributed by atoms with van der Waals surface area (Å²) in [5, 5.41) is 18.7. The van der Waals surface area contributed by atoms with E-state index in [4.69, 9.17) is 6.57 Å². The van der Waals surface area contributed by atoms with Gasteiger partial charge >= 0.3 is 12.4 Å². The molecule has 7 rings (SSSR count). The first-order valence-electron chi connectivity index (χ1n) is 13.9. The van der Waals surface area contributed by atoms with Crippen molar-refractivity contribution in [2.75, 3.05) is 0 Å². The van der Waals surface area contributed by atoms with Gasteiger partial charge in [0.25, 0.3) is 0 Å². The van der Waals surface area contributed by atoms with Crippen LogP contribution >= 0.6 is 0 Å². The summed E-state index contributed by atoms with van der Waals surface area (Å²) in [6.07, 6.45) is -7.93. The molecule has 0 aliphatic rings. The Hall–Kier alpha value is -6.14. The van der Waals surface area contributed by atoms with Crippen LogP contribution in [0.1, 0.15) is 11.1 Å². The predicted molar refractivity (Wildman–Crippen MR) is 163 cm³/mol. The lowest BCUT2D eigenvalue weighted by Crippen LogP contribution is -2.07. The Morgan fingerprint density at radius 2 is 0.917 bits per heavy atom. The molecule has 0 atom stereocenters. The molecule has 12 heteroatoms. The summed E-state index contributed by atoms with van der Waals surface area (Å²) in [5.74, 6) is -2.85. The molecule has 7 aromatic carbocycles. The van der Waals surface area contributed by atoms with E-state index in [9.17, 15) is 40.4 Å². The third-order valence-electron chi connectivity index (χ3n) is 8.33. The minimum absolute atomic E-state index is 0.183. The molecule has 0 unspecified atom stereocenters. The summed E-state index contributed by atoms with van der Waals surface area (Å²) in [6.45, 7) is 7.44. The van der Waals surface area contributed by atoms with Gasteiger partial charge in [0.2, 0.25) is 6.19 Å². The van der Waals surface area contributed by atoms with Gasteiger partial charge in [0.1, 0.15) is 11.6 Å². The molecule has 0 radical (unpaired) electrons. The lowest BCUT2D eigenvalue weighted by atomic mass is 10.0. The van der Waals surface area contributed by atoms with Gasteiger partial charge in [0, 0.05) is 21.5 Å². The van der Waals surface area contributed by atoms with Crippen LogP contribution in [0.2, 0.25) is 0 Å². The normalized spacial score (nSPS) is 13.2. The van der Waals surface area contributed by atoms with Gasteiger partial charge in [-0.3, -0.25) is 0 Å². The number of halogens is 8. The molecule has 0 N–H and O–H groups in total. The highest BCUT2D eigenvalue weighted by Gasteiger charge is 2.35. The SMILES string of the molecule is [C-]#[N+]N=c1c2cc(-c3ccc(C(F)(F)F)c(F)c3)ccc2c2cc3c(=NC#N)c4cc(-c5ccc(C(F)(F)F)c(F)c5)ccc4c3cc12. The Bertz CT molecular complexity index is 2510. The first kappa shape index (κ1) is 30.5. The zero-order valence-corrected chi connectivity index (χ0v) is 23.9. The van der Waals surface area contributed by atoms with Gasteiger partial charge in [-0.15, -0.1) is 4.95 Å². The van der Waals surface area contributed by atoms with E-state index in [-0.39, 0.29) is 21.8 Å². The molecule has 0 saturated heterocycles. The molecule has 48 heavy (non-hydrogen) atoms. The second kappa shape index (κ2) is 10.7. The van der Waals surface area contributed by atoms with Crippen molar-refractivity contribution in [3.05, 3.63) is 130 Å². The fourth-order valence-electron chi connectivity index (χ4n) is 6.21. The molecule has 0 bridgehead atoms. The third kappa shape index (κ3) is 4.81. The van der Waals surface area contributed by atoms with E-state index in [0.717, 1.165) is 24.3 Å². The van der Waals surface area contributed by atoms with Gasteiger partial charge < -0.3 is 0 Å². The van der Waals surface area contributed by atoms with Crippen molar-refractivity contribution in [3.63, 3.8) is 0 Å². The molecule has 234 valence electrons. The van der Waals surface area contributed by atoms with Crippen LogP contribution in [0, 0.1) is 29.7 Å². The fourth-order valence-corrected chi connectivity index (χ4v) is 6.21. The Balaban J connectivity index is 1.45. The smallest absolute Gasteiger partial charge is 0.206 e. The highest BCUT2D eigenvalue weighted by molar-refractivity contribution is 6.21. The zero-order valence-electron chi connectivity index (χ0n) is 23.9. The molecule has 7 aromatic rings. The number of fused-ring (bicyclic) bond motifs is 6. The van der Waals surface area contributed by atoms with E-state index in [1.165, 1.54) is 0 Å². The van der Waals surface area contributed by atoms with Gasteiger partial charge in [0.15, 0.2) is 5.36 Å². The van der Waals surface area contributed by atoms with Crippen molar-refractivity contribution in [1.82, 2.24) is 0 Å². The predicted octanol–water partition coefficient (Wildman–Crippen LogP) is 9.94. The Morgan fingerprint density at radius 1 is 0.521 bits per heavy atom. The van der Waals surface area contributed by atoms with Gasteiger partial charge in [-0.05, 0) is 92.3 Å². The lowest BCUT2D eigenvalue weighted by Gasteiger charge is -2.09. The molecule has 4 nitrogen and oxygen atoms in total. The minimum Gasteiger partial charge on any atom is -0.206 e. The van der Waals surface area contributed by atoms with E-state index < -0.39 is 35.1 Å². The summed E-state index contributed by atoms with van der Waals surface area (Å²) in [4.78, 5) is 7.24. The maximum Gasteiger partial charge on any atom is 0.419 e. The summed E-state index contributed by atoms with van der Waals surface area (Å²) < 4.78 is 108. The molecule has 0 amide bonds. The summed E-state index contributed by atoms with van der Waals surface area (Å²) in [5.41, 5.74) is -1.63. The van der Waals surface area contributed by atoms with Gasteiger partial charge in [0.05, 0.1) is 21.6 Å². The maximum atomic E-state index is 14.4. The van der Waals surface area contributed by atoms with E-state index in [0.29, 0.717) is 66.3 Å². The largest absolute Gasteiger partial charge is 0.419 e. The molecule has 0 saturated carbocycles. The van der Waals surface area contributed by atoms with Gasteiger partial charge in [-0.25, -0.2) is 8.78 Å². The van der Waals surface area contributed by atoms with Crippen LogP contribution in [0.15, 0.2) is 95.0 Å². The molecule has 0 aromatic heterocycles. The minimum atomic E-state index is -4.86. The Kier molecular flexibility index (Phi) is 6.81. The number of rotatable bonds is 2. The Morgan fingerprint density at radius 3 is 1.33 bits per heavy atom. The monoisotopic (exact) mass is 654 g/mol. The molecular formula is C36H14F8N4. The van der Waals surface area contributed by atoms with Gasteiger partial charge in [-0.1, -0.05) is 36.4 Å². The fraction of sp³-hybridized carbons (Fsp3) is 0.0556. The maximum absolute atomic E-state index is 14.4. The van der Waals surface area contributed by atoms with Crippen LogP contribution in [0.5, 0.6) is 0 Å². The summed E-state index contributed by atoms with van der Waals surface area (Å²) in [6, 6.07) is 18.5. The standard InChI is InChI=1S/C36H14F8N4/c1-46-48-34-26-11-18(20-5-9-30(32(38)13-20)36(42,43)44)3-7-22(26)24-14-27-23(15-28(24)34)21-6-2-17(10-25(21)33(27)47-16-45)19-4-8-29(31(37)12-19)35(39,40)41/h2-15H. The molecule has 0 spiro atoms. The molecule has 0 aliphatic carbocycles. The van der Waals surface area contributed by atoms with Crippen molar-refractivity contribution < 1.29 is 35.1 Å². The average molecular weight is 655 g/mol. The number of hydrogen-bond donors (Lipinski definition) is 0. The zero-order chi connectivity index (χ0) is 34.1. The van der Waals surface area contributed by atoms with Crippen LogP contribution in [0.3, 0.4) is 0 Å². The number of hydrogen-bond acceptors (Lipinski definition) is 3. The van der Waals surface area contributed by atoms with E-state index in [2.05, 4.69) is 15.0 Å². The molecule has 0 fully saturated rings. The van der Waals surface area contributed by atoms with Crippen molar-refractivity contribution in [3.8, 4) is 28.4 Å². The highest BCUT2D eigenvalue weighted by atomic mass is 19.4. The lowest BCUT2D eigenvalue weighted by molar-refractivity contribution is -0.140. The second-order valence-corrected chi connectivity index (χ2v) is 11.0. The van der Waals surface area contributed by atoms with Crippen LogP contribution in [-0.2, 0) is 12.4 Å². The van der Waals surface area contributed by atoms with Gasteiger partial charge in [-0.2, -0.15) is 43.2 Å². The Labute approximate surface area is 264 Å². The van der Waals surface area contributed by atoms with Crippen molar-refractivity contribution in [2.45, 2.75) is 12.4 Å². The van der Waals surface area contributed by atoms with E-state index in [1.54, 1.807) is 54.7 Å². The molecule has 0 aliphatic heterocycles. The summed E-state index contributed by atoms with van der Waals surface area (Å²) >= 11 is 0. The molecular weight excluding hydrogens is 640 g/mol. The highest BCUT2D eigenvalue weighted by Crippen LogP contribution is 2.38. The summed E-state index contributed by atoms with van der Waals surface area (Å²) in [7, 11) is 0. The third-order valence-corrected chi connectivity index (χ3v) is 8.33. The van der Waals surface area contributed by atoms with Crippen LogP contribution in [-0.4, -0.2) is 0 Å². The number of alkyl halides is 6. The first-order chi connectivity index (χ1) is 22.8. The molecule has 0 heterocycles. The number of benzene rings is 5.